The van der Waals surface area contributed by atoms with Crippen molar-refractivity contribution in [2.75, 3.05) is 11.5 Å². The molecule has 0 aliphatic carbocycles. The van der Waals surface area contributed by atoms with Crippen LogP contribution in [-0.4, -0.2) is 21.6 Å². The van der Waals surface area contributed by atoms with Gasteiger partial charge in [0.25, 0.3) is 0 Å². The second kappa shape index (κ2) is 4.52. The highest BCUT2D eigenvalue weighted by atomic mass is 32.2. The van der Waals surface area contributed by atoms with Gasteiger partial charge in [-0.3, -0.25) is 0 Å². The predicted octanol–water partition coefficient (Wildman–Crippen LogP) is 3.13. The maximum Gasteiger partial charge on any atom is 0.110 e. The summed E-state index contributed by atoms with van der Waals surface area (Å²) in [4.78, 5) is 3.28. The van der Waals surface area contributed by atoms with Crippen molar-refractivity contribution in [2.45, 2.75) is 19.4 Å². The average molecular weight is 235 g/mol. The quantitative estimate of drug-likeness (QED) is 0.854. The molecule has 1 heterocycles. The Balaban J connectivity index is 2.31. The molecule has 0 fully saturated rings. The molecule has 0 radical (unpaired) electrons. The zero-order valence-electron chi connectivity index (χ0n) is 9.66. The fourth-order valence-corrected chi connectivity index (χ4v) is 2.50. The van der Waals surface area contributed by atoms with E-state index in [0.29, 0.717) is 0 Å². The lowest BCUT2D eigenvalue weighted by Crippen LogP contribution is -2.24. The van der Waals surface area contributed by atoms with E-state index in [-0.39, 0.29) is 0 Å². The molecule has 0 unspecified atom stereocenters. The normalized spacial score (nSPS) is 15.2. The van der Waals surface area contributed by atoms with Crippen molar-refractivity contribution in [3.05, 3.63) is 36.0 Å². The van der Waals surface area contributed by atoms with E-state index in [0.717, 1.165) is 28.1 Å². The fourth-order valence-electron chi connectivity index (χ4n) is 1.74. The van der Waals surface area contributed by atoms with Crippen LogP contribution in [-0.2, 0) is 5.60 Å². The van der Waals surface area contributed by atoms with Gasteiger partial charge in [0.05, 0.1) is 0 Å². The zero-order valence-corrected chi connectivity index (χ0v) is 10.5. The lowest BCUT2D eigenvalue weighted by atomic mass is 10.1. The van der Waals surface area contributed by atoms with E-state index in [9.17, 15) is 5.11 Å². The molecule has 1 aromatic carbocycles. The molecule has 0 aliphatic heterocycles. The van der Waals surface area contributed by atoms with Crippen molar-refractivity contribution < 1.29 is 5.11 Å². The van der Waals surface area contributed by atoms with Crippen molar-refractivity contribution in [1.82, 2.24) is 4.98 Å². The van der Waals surface area contributed by atoms with Crippen LogP contribution in [0.3, 0.4) is 0 Å². The summed E-state index contributed by atoms with van der Waals surface area (Å²) in [7, 11) is 0. The number of aliphatic hydroxyl groups is 1. The first-order valence-electron chi connectivity index (χ1n) is 5.52. The Morgan fingerprint density at radius 1 is 1.38 bits per heavy atom. The Bertz CT molecular complexity index is 442. The van der Waals surface area contributed by atoms with Gasteiger partial charge in [0.1, 0.15) is 5.60 Å². The van der Waals surface area contributed by atoms with Crippen LogP contribution in [0.25, 0.3) is 10.9 Å². The van der Waals surface area contributed by atoms with Gasteiger partial charge >= 0.3 is 0 Å². The monoisotopic (exact) mass is 235 g/mol. The predicted molar refractivity (Wildman–Crippen MR) is 70.9 cm³/mol. The molecular weight excluding hydrogens is 218 g/mol. The van der Waals surface area contributed by atoms with E-state index in [1.165, 1.54) is 0 Å². The molecule has 0 amide bonds. The Morgan fingerprint density at radius 3 is 2.81 bits per heavy atom. The highest BCUT2D eigenvalue weighted by Crippen LogP contribution is 2.27. The lowest BCUT2D eigenvalue weighted by Gasteiger charge is -2.21. The Labute approximate surface area is 100 Å². The van der Waals surface area contributed by atoms with Gasteiger partial charge in [-0.05, 0) is 30.2 Å². The minimum atomic E-state index is -0.778. The number of nitrogens with one attached hydrogen (secondary N) is 1. The third-order valence-electron chi connectivity index (χ3n) is 2.70. The van der Waals surface area contributed by atoms with Gasteiger partial charge in [-0.1, -0.05) is 25.1 Å². The van der Waals surface area contributed by atoms with Gasteiger partial charge in [0.15, 0.2) is 0 Å². The SMILES string of the molecule is CCSC[C@](C)(O)c1cc2ccccc2[nH]1. The number of H-pyrrole nitrogens is 1. The Kier molecular flexibility index (Phi) is 3.26. The Hall–Kier alpha value is -0.930. The maximum atomic E-state index is 10.4. The van der Waals surface area contributed by atoms with Crippen molar-refractivity contribution in [3.8, 4) is 0 Å². The zero-order chi connectivity index (χ0) is 11.6. The van der Waals surface area contributed by atoms with E-state index in [2.05, 4.69) is 18.0 Å². The van der Waals surface area contributed by atoms with Crippen LogP contribution in [0, 0.1) is 0 Å². The summed E-state index contributed by atoms with van der Waals surface area (Å²) in [5.41, 5.74) is 1.20. The number of aromatic nitrogens is 1. The van der Waals surface area contributed by atoms with Crippen LogP contribution in [0.5, 0.6) is 0 Å². The summed E-state index contributed by atoms with van der Waals surface area (Å²) < 4.78 is 0. The molecule has 2 N–H and O–H groups in total. The first-order chi connectivity index (χ1) is 7.63. The van der Waals surface area contributed by atoms with Crippen LogP contribution in [0.15, 0.2) is 30.3 Å². The van der Waals surface area contributed by atoms with Crippen LogP contribution in [0.1, 0.15) is 19.5 Å². The van der Waals surface area contributed by atoms with Gasteiger partial charge in [0.2, 0.25) is 0 Å². The van der Waals surface area contributed by atoms with Crippen molar-refractivity contribution in [2.24, 2.45) is 0 Å². The highest BCUT2D eigenvalue weighted by molar-refractivity contribution is 7.99. The average Bonchev–Trinajstić information content (AvgIpc) is 2.71. The third-order valence-corrected chi connectivity index (χ3v) is 3.87. The molecule has 1 atom stereocenters. The molecule has 0 spiro atoms. The highest BCUT2D eigenvalue weighted by Gasteiger charge is 2.24. The van der Waals surface area contributed by atoms with Crippen molar-refractivity contribution in [1.29, 1.82) is 0 Å². The van der Waals surface area contributed by atoms with E-state index < -0.39 is 5.60 Å². The molecular formula is C13H17NOS. The first-order valence-corrected chi connectivity index (χ1v) is 6.67. The standard InChI is InChI=1S/C13H17NOS/c1-3-16-9-13(2,15)12-8-10-6-4-5-7-11(10)14-12/h4-8,14-15H,3,9H2,1-2H3/t13-/m0/s1. The van der Waals surface area contributed by atoms with Gasteiger partial charge in [0, 0.05) is 17.0 Å². The summed E-state index contributed by atoms with van der Waals surface area (Å²) in [5.74, 6) is 1.74. The molecule has 0 saturated heterocycles. The molecule has 0 bridgehead atoms. The summed E-state index contributed by atoms with van der Waals surface area (Å²) in [6.07, 6.45) is 0. The summed E-state index contributed by atoms with van der Waals surface area (Å²) >= 11 is 1.75. The Morgan fingerprint density at radius 2 is 2.12 bits per heavy atom. The molecule has 16 heavy (non-hydrogen) atoms. The second-order valence-electron chi connectivity index (χ2n) is 4.18. The molecule has 0 saturated carbocycles. The number of thioether (sulfide) groups is 1. The topological polar surface area (TPSA) is 36.0 Å². The number of aromatic amines is 1. The van der Waals surface area contributed by atoms with E-state index >= 15 is 0 Å². The van der Waals surface area contributed by atoms with E-state index in [4.69, 9.17) is 0 Å². The van der Waals surface area contributed by atoms with E-state index in [1.54, 1.807) is 11.8 Å². The van der Waals surface area contributed by atoms with Gasteiger partial charge in [-0.25, -0.2) is 0 Å². The van der Waals surface area contributed by atoms with E-state index in [1.807, 2.05) is 31.2 Å². The largest absolute Gasteiger partial charge is 0.383 e. The number of fused-ring (bicyclic) bond motifs is 1. The third kappa shape index (κ3) is 2.25. The number of para-hydroxylation sites is 1. The molecule has 2 rings (SSSR count). The van der Waals surface area contributed by atoms with Crippen LogP contribution in [0.2, 0.25) is 0 Å². The fraction of sp³-hybridized carbons (Fsp3) is 0.385. The minimum Gasteiger partial charge on any atom is -0.383 e. The lowest BCUT2D eigenvalue weighted by molar-refractivity contribution is 0.0800. The van der Waals surface area contributed by atoms with Crippen LogP contribution >= 0.6 is 11.8 Å². The van der Waals surface area contributed by atoms with Crippen LogP contribution in [0.4, 0.5) is 0 Å². The molecule has 1 aromatic heterocycles. The molecule has 3 heteroatoms. The minimum absolute atomic E-state index is 0.719. The number of benzene rings is 1. The summed E-state index contributed by atoms with van der Waals surface area (Å²) in [6.45, 7) is 3.96. The summed E-state index contributed by atoms with van der Waals surface area (Å²) in [5, 5.41) is 11.5. The summed E-state index contributed by atoms with van der Waals surface area (Å²) in [6, 6.07) is 10.1. The number of hydrogen-bond donors (Lipinski definition) is 2. The van der Waals surface area contributed by atoms with Crippen molar-refractivity contribution in [3.63, 3.8) is 0 Å². The smallest absolute Gasteiger partial charge is 0.110 e. The van der Waals surface area contributed by atoms with Gasteiger partial charge in [-0.2, -0.15) is 11.8 Å². The van der Waals surface area contributed by atoms with Gasteiger partial charge in [-0.15, -0.1) is 0 Å². The molecule has 2 nitrogen and oxygen atoms in total. The number of rotatable bonds is 4. The first kappa shape index (κ1) is 11.6. The van der Waals surface area contributed by atoms with Crippen molar-refractivity contribution >= 4 is 22.7 Å². The maximum absolute atomic E-state index is 10.4. The molecule has 2 aromatic rings. The van der Waals surface area contributed by atoms with Gasteiger partial charge < -0.3 is 10.1 Å². The van der Waals surface area contributed by atoms with Crippen LogP contribution < -0.4 is 0 Å². The molecule has 0 aliphatic rings. The number of hydrogen-bond acceptors (Lipinski definition) is 2. The molecule has 86 valence electrons. The second-order valence-corrected chi connectivity index (χ2v) is 5.46.